The van der Waals surface area contributed by atoms with E-state index in [1.807, 2.05) is 67.5 Å². The first-order chi connectivity index (χ1) is 63.3. The van der Waals surface area contributed by atoms with Crippen molar-refractivity contribution in [2.45, 2.75) is 294 Å². The third-order valence-electron chi connectivity index (χ3n) is 40.1. The smallest absolute Gasteiger partial charge is 0.171 e. The predicted octanol–water partition coefficient (Wildman–Crippen LogP) is 21.1. The minimum absolute atomic E-state index is 0.0381. The predicted molar refractivity (Wildman–Crippen MR) is 500 cm³/mol. The van der Waals surface area contributed by atoms with E-state index in [2.05, 4.69) is 169 Å². The summed E-state index contributed by atoms with van der Waals surface area (Å²) in [6, 6.07) is 34.7. The first kappa shape index (κ1) is 81.4. The van der Waals surface area contributed by atoms with Gasteiger partial charge in [0.1, 0.15) is 23.0 Å². The molecule has 0 radical (unpaired) electrons. The standard InChI is InChI=1S/C30H31NO3.C29H29NO2.C28H29NO4.C28H29NO3/c1-27-9-6-24-17-23-7-10-29(32-14-15-33-29)19-28(23)11-12-30(24,34-28)26(27)5-4-25(27)21-3-2-20-8-13-31-18-22(20)16-21;1-26-8-6-22-13-20-4-5-24(31)16-27(20)9-10-29(22,32-27)25(26)14-23-15-28(23,26)21-3-2-18-7-11-30-17-19(18)12-21;1-25-8-6-20-13-19-4-5-22(30)15-26(19)9-10-27(20,33-26)23(25)14-24(31)28(25,32)21-3-2-17-7-11-29-16-18(17)12-21;1-26-8-6-21-13-20-4-5-22(30)15-27(20)9-10-28(21,32-27)24(26)14-23(31)25(26)18-3-2-17-7-11-29-16-19(17)12-18/h2-4,6,8,13,16-18,26H,5,7,9-12,14-15,19H2,1H3;2-3,6-7,11-13,17,23,25H,4-5,8-10,14-16H2,1H3;2-3,6-7,11-13,16,23-24,31-32H,4-5,8-10,14-15H2,1H3;2-3,6-7,11-13,16,23-25,31H,4-5,8-10,14-15H2,1H3/t26-,27-,28-,30-;23-,25+,26-,27+,28-,29+;23-,24-,25+,26-,27-,28-;23-,24-,25+,26+,27-,28-/m1011/s1. The van der Waals surface area contributed by atoms with Gasteiger partial charge in [0.15, 0.2) is 5.79 Å². The molecule has 8 saturated carbocycles. The van der Waals surface area contributed by atoms with Gasteiger partial charge in [-0.15, -0.1) is 0 Å². The minimum atomic E-state index is -1.40. The molecule has 16 nitrogen and oxygen atoms in total. The number of carbonyl (C=O) groups excluding carboxylic acids is 3. The number of hydrogen-bond donors (Lipinski definition) is 3. The maximum Gasteiger partial charge on any atom is 0.171 e. The lowest BCUT2D eigenvalue weighted by molar-refractivity contribution is -0.225. The molecule has 22 aliphatic rings. The Morgan fingerprint density at radius 3 is 1.44 bits per heavy atom. The van der Waals surface area contributed by atoms with E-state index in [0.717, 1.165) is 150 Å². The second-order valence-electron chi connectivity index (χ2n) is 45.5. The largest absolute Gasteiger partial charge is 0.392 e. The summed E-state index contributed by atoms with van der Waals surface area (Å²) in [5, 5.41) is 44.5. The number of rotatable bonds is 4. The van der Waals surface area contributed by atoms with Crippen LogP contribution in [0, 0.1) is 51.2 Å². The average molecular weight is 1750 g/mol. The highest BCUT2D eigenvalue weighted by molar-refractivity contribution is 5.89. The van der Waals surface area contributed by atoms with E-state index in [0.29, 0.717) is 88.0 Å². The number of benzene rings is 4. The third kappa shape index (κ3) is 10.9. The SMILES string of the molecule is C[C@]12CC=C3C=C4CCC(=O)C[C@]45CC[C@]3(O5)[C@@H]1C[C@@H](O)[C@@H]2c1ccc2ccncc2c1.C[C@]12CC=C3C=C4CCC(=O)C[C@]45CC[C@]3(O5)[C@@H]1C[C@@H](O)[C@]2(O)c1ccc2ccncc2c1.C[C@]12CC=C3C=C4CCC(=O)C[C@]45CC[C@]3(O5)[C@@H]1C[C@H]1C[C@]12c1ccc2ccncc2c1.C[C@]12CC=C3C=C4CCC5(C[C@]46CC[C@]3(O6)[C@@H]1CC=C2c1ccc2ccncc2c1)OCCO5. The van der Waals surface area contributed by atoms with E-state index in [1.165, 1.54) is 107 Å². The molecule has 22 atom stereocenters. The van der Waals surface area contributed by atoms with Crippen LogP contribution >= 0.6 is 0 Å². The van der Waals surface area contributed by atoms with E-state index in [1.54, 1.807) is 12.4 Å². The van der Waals surface area contributed by atoms with Crippen molar-refractivity contribution in [3.8, 4) is 0 Å². The van der Waals surface area contributed by atoms with Crippen LogP contribution in [0.2, 0.25) is 0 Å². The molecule has 5 saturated heterocycles. The maximum absolute atomic E-state index is 12.4. The molecule has 670 valence electrons. The summed E-state index contributed by atoms with van der Waals surface area (Å²) < 4.78 is 40.9. The topological polar surface area (TPSA) is 219 Å². The zero-order valence-electron chi connectivity index (χ0n) is 75.9. The molecule has 131 heavy (non-hydrogen) atoms. The van der Waals surface area contributed by atoms with Crippen molar-refractivity contribution in [1.29, 1.82) is 0 Å². The number of allylic oxidation sites excluding steroid dienone is 6. The summed E-state index contributed by atoms with van der Waals surface area (Å²) in [5.74, 6) is 2.57. The van der Waals surface area contributed by atoms with E-state index >= 15 is 0 Å². The molecule has 13 heterocycles. The van der Waals surface area contributed by atoms with Crippen molar-refractivity contribution in [3.63, 3.8) is 0 Å². The van der Waals surface area contributed by atoms with Gasteiger partial charge in [-0.25, -0.2) is 0 Å². The summed E-state index contributed by atoms with van der Waals surface area (Å²) in [6.45, 7) is 10.9. The molecule has 0 unspecified atom stereocenters. The van der Waals surface area contributed by atoms with Gasteiger partial charge in [-0.3, -0.25) is 34.3 Å². The zero-order valence-corrected chi connectivity index (χ0v) is 75.9. The van der Waals surface area contributed by atoms with Crippen molar-refractivity contribution < 1.29 is 58.1 Å². The monoisotopic (exact) mass is 1750 g/mol. The number of ketones is 3. The van der Waals surface area contributed by atoms with Crippen LogP contribution in [0.15, 0.2) is 246 Å². The lowest BCUT2D eigenvalue weighted by Crippen LogP contribution is -2.57. The second-order valence-corrected chi connectivity index (χ2v) is 45.5. The zero-order chi connectivity index (χ0) is 88.3. The Hall–Kier alpha value is -9.17. The molecule has 30 rings (SSSR count). The van der Waals surface area contributed by atoms with Crippen LogP contribution in [0.3, 0.4) is 0 Å². The Morgan fingerprint density at radius 1 is 0.405 bits per heavy atom. The van der Waals surface area contributed by atoms with Gasteiger partial charge >= 0.3 is 0 Å². The Kier molecular flexibility index (Phi) is 17.1. The highest BCUT2D eigenvalue weighted by Crippen LogP contribution is 2.82. The van der Waals surface area contributed by atoms with Crippen molar-refractivity contribution in [3.05, 3.63) is 268 Å². The minimum Gasteiger partial charge on any atom is -0.392 e. The van der Waals surface area contributed by atoms with Crippen LogP contribution in [0.1, 0.15) is 242 Å². The molecule has 16 heteroatoms. The van der Waals surface area contributed by atoms with Crippen molar-refractivity contribution in [2.75, 3.05) is 13.2 Å². The van der Waals surface area contributed by atoms with Crippen LogP contribution in [0.25, 0.3) is 48.7 Å². The Bertz CT molecular complexity index is 6670. The van der Waals surface area contributed by atoms with Crippen LogP contribution in [0.4, 0.5) is 0 Å². The van der Waals surface area contributed by atoms with E-state index in [9.17, 15) is 29.7 Å². The fourth-order valence-electron chi connectivity index (χ4n) is 33.8. The molecule has 0 amide bonds. The van der Waals surface area contributed by atoms with Gasteiger partial charge < -0.3 is 43.7 Å². The highest BCUT2D eigenvalue weighted by Gasteiger charge is 2.80. The maximum atomic E-state index is 12.4. The van der Waals surface area contributed by atoms with Gasteiger partial charge in [0.05, 0.1) is 70.2 Å². The second kappa shape index (κ2) is 27.6. The van der Waals surface area contributed by atoms with Gasteiger partial charge in [0, 0.05) is 162 Å². The fourth-order valence-corrected chi connectivity index (χ4v) is 33.8. The number of aliphatic hydroxyl groups excluding tert-OH is 2. The molecule has 9 spiro atoms. The molecule has 13 fully saturated rings. The van der Waals surface area contributed by atoms with Crippen LogP contribution in [-0.2, 0) is 53.8 Å². The number of nitrogens with zero attached hydrogens (tertiary/aromatic N) is 4. The normalized spacial score (nSPS) is 42.6. The van der Waals surface area contributed by atoms with Crippen molar-refractivity contribution >= 4 is 66.0 Å². The lowest BCUT2D eigenvalue weighted by atomic mass is 9.55. The number of pyridine rings is 4. The molecule has 8 aromatic rings. The molecule has 4 aromatic heterocycles. The summed E-state index contributed by atoms with van der Waals surface area (Å²) >= 11 is 0. The van der Waals surface area contributed by atoms with Gasteiger partial charge in [-0.2, -0.15) is 0 Å². The molecular weight excluding hydrogens is 1630 g/mol. The number of ether oxygens (including phenoxy) is 6. The highest BCUT2D eigenvalue weighted by atomic mass is 16.7. The number of hydrogen-bond acceptors (Lipinski definition) is 16. The number of aliphatic hydroxyl groups is 3. The number of Topliss-reactive ketones (excluding diaryl/α,β-unsaturated/α-hetero) is 3. The van der Waals surface area contributed by atoms with Crippen LogP contribution < -0.4 is 0 Å². The number of carbonyl (C=O) groups is 3. The van der Waals surface area contributed by atoms with Gasteiger partial charge in [-0.1, -0.05) is 131 Å². The van der Waals surface area contributed by atoms with E-state index in [4.69, 9.17) is 28.4 Å². The van der Waals surface area contributed by atoms with Crippen molar-refractivity contribution in [2.24, 2.45) is 51.2 Å². The van der Waals surface area contributed by atoms with Gasteiger partial charge in [-0.05, 0) is 300 Å². The fraction of sp³-hybridized carbons (Fsp3) is 0.504. The first-order valence-corrected chi connectivity index (χ1v) is 49.7. The Labute approximate surface area is 765 Å². The first-order valence-electron chi connectivity index (χ1n) is 49.7. The van der Waals surface area contributed by atoms with Gasteiger partial charge in [0.2, 0.25) is 0 Å². The molecule has 3 N–H and O–H groups in total. The number of aromatic nitrogens is 4. The van der Waals surface area contributed by atoms with E-state index in [-0.39, 0.29) is 78.8 Å². The summed E-state index contributed by atoms with van der Waals surface area (Å²) in [5.41, 5.74) is 12.9. The summed E-state index contributed by atoms with van der Waals surface area (Å²) in [7, 11) is 0. The summed E-state index contributed by atoms with van der Waals surface area (Å²) in [4.78, 5) is 54.5. The van der Waals surface area contributed by atoms with Crippen LogP contribution in [-0.4, -0.2) is 129 Å². The van der Waals surface area contributed by atoms with Gasteiger partial charge in [0.25, 0.3) is 0 Å². The lowest BCUT2D eigenvalue weighted by Gasteiger charge is -2.55. The molecule has 8 bridgehead atoms. The average Bonchev–Trinajstić information content (AvgIpc) is 1.47. The quantitative estimate of drug-likeness (QED) is 0.149. The molecule has 9 aliphatic heterocycles. The van der Waals surface area contributed by atoms with E-state index < -0.39 is 40.2 Å². The number of fused-ring (bicyclic) bond motifs is 10. The van der Waals surface area contributed by atoms with Crippen molar-refractivity contribution in [1.82, 2.24) is 19.9 Å². The van der Waals surface area contributed by atoms with Crippen LogP contribution in [0.5, 0.6) is 0 Å². The molecule has 4 aromatic carbocycles. The molecular formula is C115H118N4O12. The molecule has 13 aliphatic carbocycles. The third-order valence-corrected chi connectivity index (χ3v) is 40.1. The Balaban J connectivity index is 0.0000000896. The summed E-state index contributed by atoms with van der Waals surface area (Å²) in [6.07, 6.45) is 61.0. The Morgan fingerprint density at radius 2 is 0.863 bits per heavy atom.